The van der Waals surface area contributed by atoms with E-state index in [1.54, 1.807) is 0 Å². The molecule has 0 fully saturated rings. The molecule has 0 saturated carbocycles. The average molecular weight is 364 g/mol. The van der Waals surface area contributed by atoms with Crippen LogP contribution in [0.4, 0.5) is 5.69 Å². The zero-order valence-corrected chi connectivity index (χ0v) is 15.4. The molecule has 3 rings (SSSR count). The Morgan fingerprint density at radius 3 is 2.88 bits per heavy atom. The highest BCUT2D eigenvalue weighted by Gasteiger charge is 2.20. The molecule has 2 aromatic rings. The van der Waals surface area contributed by atoms with Crippen LogP contribution in [0.5, 0.6) is 0 Å². The summed E-state index contributed by atoms with van der Waals surface area (Å²) in [6, 6.07) is 10.3. The molecule has 0 atom stereocenters. The van der Waals surface area contributed by atoms with Gasteiger partial charge in [-0.2, -0.15) is 5.10 Å². The van der Waals surface area contributed by atoms with Crippen LogP contribution in [0.2, 0.25) is 0 Å². The van der Waals surface area contributed by atoms with E-state index in [2.05, 4.69) is 44.9 Å². The summed E-state index contributed by atoms with van der Waals surface area (Å²) in [5.41, 5.74) is 3.86. The zero-order chi connectivity index (χ0) is 16.8. The van der Waals surface area contributed by atoms with E-state index < -0.39 is 0 Å². The summed E-state index contributed by atoms with van der Waals surface area (Å²) in [4.78, 5) is 14.5. The largest absolute Gasteiger partial charge is 0.375 e. The van der Waals surface area contributed by atoms with E-state index in [9.17, 15) is 4.79 Å². The van der Waals surface area contributed by atoms with Gasteiger partial charge >= 0.3 is 0 Å². The SMILES string of the molecule is CN(CCCCNC(=O)c1n[nH]c2c1CNCC2)c1ccccc1.Cl. The van der Waals surface area contributed by atoms with E-state index >= 15 is 0 Å². The number of halogens is 1. The first kappa shape index (κ1) is 19.3. The van der Waals surface area contributed by atoms with Gasteiger partial charge in [0.1, 0.15) is 0 Å². The fourth-order valence-corrected chi connectivity index (χ4v) is 2.98. The highest BCUT2D eigenvalue weighted by Crippen LogP contribution is 2.15. The molecule has 1 aliphatic rings. The molecule has 2 heterocycles. The zero-order valence-electron chi connectivity index (χ0n) is 14.5. The predicted octanol–water partition coefficient (Wildman–Crippen LogP) is 2.12. The first-order valence-corrected chi connectivity index (χ1v) is 8.57. The Hall–Kier alpha value is -2.05. The van der Waals surface area contributed by atoms with Crippen LogP contribution in [-0.2, 0) is 13.0 Å². The van der Waals surface area contributed by atoms with Crippen LogP contribution in [0, 0.1) is 0 Å². The summed E-state index contributed by atoms with van der Waals surface area (Å²) >= 11 is 0. The van der Waals surface area contributed by atoms with E-state index in [0.29, 0.717) is 12.2 Å². The van der Waals surface area contributed by atoms with Crippen molar-refractivity contribution in [2.75, 3.05) is 31.6 Å². The molecule has 0 saturated heterocycles. The lowest BCUT2D eigenvalue weighted by atomic mass is 10.1. The van der Waals surface area contributed by atoms with Crippen molar-refractivity contribution in [3.05, 3.63) is 47.3 Å². The molecule has 25 heavy (non-hydrogen) atoms. The number of benzene rings is 1. The molecule has 7 heteroatoms. The number of para-hydroxylation sites is 1. The van der Waals surface area contributed by atoms with Crippen molar-refractivity contribution < 1.29 is 4.79 Å². The number of carbonyl (C=O) groups is 1. The van der Waals surface area contributed by atoms with Gasteiger partial charge in [0, 0.05) is 56.6 Å². The molecule has 0 spiro atoms. The number of nitrogens with one attached hydrogen (secondary N) is 3. The second kappa shape index (κ2) is 9.44. The Morgan fingerprint density at radius 2 is 2.08 bits per heavy atom. The Bertz CT molecular complexity index is 673. The smallest absolute Gasteiger partial charge is 0.272 e. The molecule has 1 aromatic heterocycles. The minimum atomic E-state index is -0.0763. The number of carbonyl (C=O) groups excluding carboxylic acids is 1. The predicted molar refractivity (Wildman–Crippen MR) is 103 cm³/mol. The van der Waals surface area contributed by atoms with Crippen LogP contribution in [-0.4, -0.2) is 42.8 Å². The number of rotatable bonds is 7. The molecule has 3 N–H and O–H groups in total. The third-order valence-corrected chi connectivity index (χ3v) is 4.42. The van der Waals surface area contributed by atoms with Crippen molar-refractivity contribution in [1.29, 1.82) is 0 Å². The van der Waals surface area contributed by atoms with E-state index in [0.717, 1.165) is 50.2 Å². The van der Waals surface area contributed by atoms with Crippen molar-refractivity contribution in [2.24, 2.45) is 0 Å². The topological polar surface area (TPSA) is 73.0 Å². The lowest BCUT2D eigenvalue weighted by molar-refractivity contribution is 0.0947. The van der Waals surface area contributed by atoms with E-state index in [-0.39, 0.29) is 18.3 Å². The number of hydrogen-bond donors (Lipinski definition) is 3. The standard InChI is InChI=1S/C18H25N5O.ClH/c1-23(14-7-3-2-4-8-14)12-6-5-10-20-18(24)17-15-13-19-11-9-16(15)21-22-17;/h2-4,7-8,19H,5-6,9-13H2,1H3,(H,20,24)(H,21,22);1H. The highest BCUT2D eigenvalue weighted by atomic mass is 35.5. The van der Waals surface area contributed by atoms with E-state index in [4.69, 9.17) is 0 Å². The Kier molecular flexibility index (Phi) is 7.28. The second-order valence-corrected chi connectivity index (χ2v) is 6.18. The van der Waals surface area contributed by atoms with Crippen molar-refractivity contribution in [3.63, 3.8) is 0 Å². The van der Waals surface area contributed by atoms with Gasteiger partial charge in [-0.1, -0.05) is 18.2 Å². The first-order chi connectivity index (χ1) is 11.8. The third kappa shape index (κ3) is 4.96. The highest BCUT2D eigenvalue weighted by molar-refractivity contribution is 5.94. The molecule has 0 bridgehead atoms. The van der Waals surface area contributed by atoms with Gasteiger partial charge in [-0.3, -0.25) is 9.89 Å². The normalized spacial score (nSPS) is 12.8. The van der Waals surface area contributed by atoms with Crippen LogP contribution >= 0.6 is 12.4 Å². The van der Waals surface area contributed by atoms with Crippen LogP contribution in [0.3, 0.4) is 0 Å². The second-order valence-electron chi connectivity index (χ2n) is 6.18. The van der Waals surface area contributed by atoms with Gasteiger partial charge in [-0.05, 0) is 25.0 Å². The summed E-state index contributed by atoms with van der Waals surface area (Å²) in [6.45, 7) is 3.31. The minimum Gasteiger partial charge on any atom is -0.375 e. The van der Waals surface area contributed by atoms with Gasteiger partial charge in [0.2, 0.25) is 0 Å². The molecule has 0 radical (unpaired) electrons. The maximum Gasteiger partial charge on any atom is 0.272 e. The number of nitrogens with zero attached hydrogens (tertiary/aromatic N) is 2. The molecule has 1 aliphatic heterocycles. The van der Waals surface area contributed by atoms with E-state index in [1.807, 2.05) is 18.2 Å². The van der Waals surface area contributed by atoms with Gasteiger partial charge < -0.3 is 15.5 Å². The van der Waals surface area contributed by atoms with Crippen LogP contribution < -0.4 is 15.5 Å². The lowest BCUT2D eigenvalue weighted by Gasteiger charge is -2.19. The molecule has 1 amide bonds. The van der Waals surface area contributed by atoms with Crippen LogP contribution in [0.25, 0.3) is 0 Å². The quantitative estimate of drug-likeness (QED) is 0.659. The fraction of sp³-hybridized carbons (Fsp3) is 0.444. The summed E-state index contributed by atoms with van der Waals surface area (Å²) in [7, 11) is 2.09. The summed E-state index contributed by atoms with van der Waals surface area (Å²) < 4.78 is 0. The van der Waals surface area contributed by atoms with Crippen LogP contribution in [0.1, 0.15) is 34.6 Å². The van der Waals surface area contributed by atoms with Gasteiger partial charge in [0.15, 0.2) is 5.69 Å². The number of hydrogen-bond acceptors (Lipinski definition) is 4. The third-order valence-electron chi connectivity index (χ3n) is 4.42. The van der Waals surface area contributed by atoms with Gasteiger partial charge in [0.25, 0.3) is 5.91 Å². The number of amides is 1. The summed E-state index contributed by atoms with van der Waals surface area (Å²) in [6.07, 6.45) is 2.89. The fourth-order valence-electron chi connectivity index (χ4n) is 2.98. The van der Waals surface area contributed by atoms with Gasteiger partial charge in [-0.15, -0.1) is 12.4 Å². The number of aromatic nitrogens is 2. The number of fused-ring (bicyclic) bond motifs is 1. The first-order valence-electron chi connectivity index (χ1n) is 8.57. The van der Waals surface area contributed by atoms with Crippen molar-refractivity contribution >= 4 is 24.0 Å². The van der Waals surface area contributed by atoms with Crippen molar-refractivity contribution in [2.45, 2.75) is 25.8 Å². The average Bonchev–Trinajstić information content (AvgIpc) is 3.06. The van der Waals surface area contributed by atoms with Gasteiger partial charge in [0.05, 0.1) is 0 Å². The summed E-state index contributed by atoms with van der Waals surface area (Å²) in [5.74, 6) is -0.0763. The Morgan fingerprint density at radius 1 is 1.28 bits per heavy atom. The lowest BCUT2D eigenvalue weighted by Crippen LogP contribution is -2.29. The maximum absolute atomic E-state index is 12.3. The minimum absolute atomic E-state index is 0. The van der Waals surface area contributed by atoms with E-state index in [1.165, 1.54) is 5.69 Å². The van der Waals surface area contributed by atoms with Crippen molar-refractivity contribution in [1.82, 2.24) is 20.8 Å². The number of H-pyrrole nitrogens is 1. The monoisotopic (exact) mass is 363 g/mol. The molecule has 6 nitrogen and oxygen atoms in total. The Balaban J connectivity index is 0.00000225. The van der Waals surface area contributed by atoms with Crippen molar-refractivity contribution in [3.8, 4) is 0 Å². The van der Waals surface area contributed by atoms with Crippen LogP contribution in [0.15, 0.2) is 30.3 Å². The molecular formula is C18H26ClN5O. The number of anilines is 1. The maximum atomic E-state index is 12.3. The molecule has 0 unspecified atom stereocenters. The molecular weight excluding hydrogens is 338 g/mol. The number of aromatic amines is 1. The molecule has 136 valence electrons. The molecule has 1 aromatic carbocycles. The van der Waals surface area contributed by atoms with Gasteiger partial charge in [-0.25, -0.2) is 0 Å². The number of unbranched alkanes of at least 4 members (excludes halogenated alkanes) is 1. The Labute approximate surface area is 154 Å². The molecule has 0 aliphatic carbocycles. The summed E-state index contributed by atoms with van der Waals surface area (Å²) in [5, 5.41) is 13.4.